The number of nitrogens with zero attached hydrogens (tertiary/aromatic N) is 1. The molecule has 0 aromatic heterocycles. The molecule has 2 saturated heterocycles. The van der Waals surface area contributed by atoms with Gasteiger partial charge in [-0.1, -0.05) is 20.8 Å². The van der Waals surface area contributed by atoms with Gasteiger partial charge in [0.15, 0.2) is 0 Å². The first kappa shape index (κ1) is 12.9. The standard InChI is InChI=1S/C14H25NO2/c1-14(2,3)12-4-7-15(8-5-12)13(16)11-6-9-17-10-11/h11-12H,4-10H2,1-3H3. The van der Waals surface area contributed by atoms with Crippen molar-refractivity contribution in [2.45, 2.75) is 40.0 Å². The molecule has 0 aromatic carbocycles. The maximum atomic E-state index is 12.2. The number of rotatable bonds is 1. The highest BCUT2D eigenvalue weighted by atomic mass is 16.5. The van der Waals surface area contributed by atoms with Gasteiger partial charge in [-0.3, -0.25) is 4.79 Å². The van der Waals surface area contributed by atoms with Gasteiger partial charge in [0.05, 0.1) is 12.5 Å². The molecular formula is C14H25NO2. The quantitative estimate of drug-likeness (QED) is 0.702. The van der Waals surface area contributed by atoms with E-state index in [1.807, 2.05) is 0 Å². The van der Waals surface area contributed by atoms with E-state index in [0.717, 1.165) is 44.9 Å². The second-order valence-corrected chi connectivity index (χ2v) is 6.53. The molecule has 17 heavy (non-hydrogen) atoms. The predicted molar refractivity (Wildman–Crippen MR) is 67.7 cm³/mol. The van der Waals surface area contributed by atoms with Crippen LogP contribution in [-0.4, -0.2) is 37.1 Å². The average Bonchev–Trinajstić information content (AvgIpc) is 2.80. The molecule has 2 heterocycles. The Labute approximate surface area is 105 Å². The van der Waals surface area contributed by atoms with E-state index in [9.17, 15) is 4.79 Å². The van der Waals surface area contributed by atoms with Crippen molar-refractivity contribution < 1.29 is 9.53 Å². The van der Waals surface area contributed by atoms with Gasteiger partial charge in [0, 0.05) is 19.7 Å². The van der Waals surface area contributed by atoms with Gasteiger partial charge in [0.2, 0.25) is 5.91 Å². The SMILES string of the molecule is CC(C)(C)C1CCN(C(=O)C2CCOC2)CC1. The van der Waals surface area contributed by atoms with E-state index in [-0.39, 0.29) is 5.92 Å². The van der Waals surface area contributed by atoms with Crippen LogP contribution in [0.25, 0.3) is 0 Å². The molecule has 2 fully saturated rings. The first-order valence-corrected chi connectivity index (χ1v) is 6.85. The Hall–Kier alpha value is -0.570. The minimum absolute atomic E-state index is 0.140. The van der Waals surface area contributed by atoms with Crippen molar-refractivity contribution >= 4 is 5.91 Å². The van der Waals surface area contributed by atoms with Crippen LogP contribution in [0, 0.1) is 17.3 Å². The molecule has 0 saturated carbocycles. The van der Waals surface area contributed by atoms with E-state index in [1.54, 1.807) is 0 Å². The van der Waals surface area contributed by atoms with Crippen LogP contribution in [0.4, 0.5) is 0 Å². The lowest BCUT2D eigenvalue weighted by Crippen LogP contribution is -2.44. The molecule has 2 aliphatic heterocycles. The molecule has 3 nitrogen and oxygen atoms in total. The third kappa shape index (κ3) is 3.01. The average molecular weight is 239 g/mol. The number of hydrogen-bond acceptors (Lipinski definition) is 2. The van der Waals surface area contributed by atoms with Crippen LogP contribution in [0.3, 0.4) is 0 Å². The lowest BCUT2D eigenvalue weighted by Gasteiger charge is -2.39. The van der Waals surface area contributed by atoms with Gasteiger partial charge in [-0.05, 0) is 30.6 Å². The highest BCUT2D eigenvalue weighted by Crippen LogP contribution is 2.34. The zero-order valence-corrected chi connectivity index (χ0v) is 11.4. The van der Waals surface area contributed by atoms with Crippen LogP contribution in [0.1, 0.15) is 40.0 Å². The molecule has 0 bridgehead atoms. The summed E-state index contributed by atoms with van der Waals surface area (Å²) < 4.78 is 5.30. The highest BCUT2D eigenvalue weighted by Gasteiger charge is 2.33. The van der Waals surface area contributed by atoms with Gasteiger partial charge in [-0.15, -0.1) is 0 Å². The molecular weight excluding hydrogens is 214 g/mol. The van der Waals surface area contributed by atoms with E-state index in [4.69, 9.17) is 4.74 Å². The van der Waals surface area contributed by atoms with Crippen LogP contribution in [0.15, 0.2) is 0 Å². The van der Waals surface area contributed by atoms with Crippen LogP contribution in [-0.2, 0) is 9.53 Å². The molecule has 1 atom stereocenters. The van der Waals surface area contributed by atoms with Gasteiger partial charge in [0.25, 0.3) is 0 Å². The number of amides is 1. The summed E-state index contributed by atoms with van der Waals surface area (Å²) in [6.07, 6.45) is 3.23. The van der Waals surface area contributed by atoms with E-state index in [0.29, 0.717) is 17.9 Å². The first-order valence-electron chi connectivity index (χ1n) is 6.85. The zero-order chi connectivity index (χ0) is 12.5. The lowest BCUT2D eigenvalue weighted by molar-refractivity contribution is -0.137. The molecule has 1 unspecified atom stereocenters. The van der Waals surface area contributed by atoms with Crippen molar-refractivity contribution in [3.63, 3.8) is 0 Å². The Balaban J connectivity index is 1.84. The molecule has 2 rings (SSSR count). The van der Waals surface area contributed by atoms with E-state index >= 15 is 0 Å². The third-order valence-electron chi connectivity index (χ3n) is 4.31. The fourth-order valence-corrected chi connectivity index (χ4v) is 2.95. The summed E-state index contributed by atoms with van der Waals surface area (Å²) in [7, 11) is 0. The number of carbonyl (C=O) groups excluding carboxylic acids is 1. The Kier molecular flexibility index (Phi) is 3.76. The van der Waals surface area contributed by atoms with Crippen molar-refractivity contribution in [1.82, 2.24) is 4.90 Å². The number of piperidine rings is 1. The molecule has 0 spiro atoms. The monoisotopic (exact) mass is 239 g/mol. The van der Waals surface area contributed by atoms with E-state index in [2.05, 4.69) is 25.7 Å². The minimum Gasteiger partial charge on any atom is -0.381 e. The molecule has 0 aromatic rings. The number of hydrogen-bond donors (Lipinski definition) is 0. The van der Waals surface area contributed by atoms with Crippen molar-refractivity contribution in [3.8, 4) is 0 Å². The fourth-order valence-electron chi connectivity index (χ4n) is 2.95. The first-order chi connectivity index (χ1) is 7.98. The Morgan fingerprint density at radius 3 is 2.29 bits per heavy atom. The summed E-state index contributed by atoms with van der Waals surface area (Å²) in [5, 5.41) is 0. The molecule has 98 valence electrons. The lowest BCUT2D eigenvalue weighted by atomic mass is 9.75. The molecule has 3 heteroatoms. The van der Waals surface area contributed by atoms with Crippen molar-refractivity contribution in [2.75, 3.05) is 26.3 Å². The fraction of sp³-hybridized carbons (Fsp3) is 0.929. The highest BCUT2D eigenvalue weighted by molar-refractivity contribution is 5.79. The summed E-state index contributed by atoms with van der Waals surface area (Å²) in [5.74, 6) is 1.22. The van der Waals surface area contributed by atoms with Crippen molar-refractivity contribution in [1.29, 1.82) is 0 Å². The summed E-state index contributed by atoms with van der Waals surface area (Å²) in [6, 6.07) is 0. The van der Waals surface area contributed by atoms with Gasteiger partial charge in [-0.2, -0.15) is 0 Å². The Bertz CT molecular complexity index is 268. The molecule has 0 aliphatic carbocycles. The maximum Gasteiger partial charge on any atom is 0.228 e. The normalized spacial score (nSPS) is 27.5. The third-order valence-corrected chi connectivity index (χ3v) is 4.31. The van der Waals surface area contributed by atoms with Crippen molar-refractivity contribution in [3.05, 3.63) is 0 Å². The zero-order valence-electron chi connectivity index (χ0n) is 11.4. The van der Waals surface area contributed by atoms with Gasteiger partial charge in [-0.25, -0.2) is 0 Å². The van der Waals surface area contributed by atoms with Crippen LogP contribution >= 0.6 is 0 Å². The predicted octanol–water partition coefficient (Wildman–Crippen LogP) is 2.31. The topological polar surface area (TPSA) is 29.5 Å². The summed E-state index contributed by atoms with van der Waals surface area (Å²) in [4.78, 5) is 14.3. The van der Waals surface area contributed by atoms with E-state index in [1.165, 1.54) is 0 Å². The van der Waals surface area contributed by atoms with Gasteiger partial charge >= 0.3 is 0 Å². The van der Waals surface area contributed by atoms with Crippen molar-refractivity contribution in [2.24, 2.45) is 17.3 Å². The maximum absolute atomic E-state index is 12.2. The summed E-state index contributed by atoms with van der Waals surface area (Å²) in [6.45, 7) is 10.2. The van der Waals surface area contributed by atoms with Gasteiger partial charge in [0.1, 0.15) is 0 Å². The smallest absolute Gasteiger partial charge is 0.228 e. The number of likely N-dealkylation sites (tertiary alicyclic amines) is 1. The van der Waals surface area contributed by atoms with Crippen LogP contribution in [0.5, 0.6) is 0 Å². The minimum atomic E-state index is 0.140. The number of carbonyl (C=O) groups is 1. The second-order valence-electron chi connectivity index (χ2n) is 6.53. The Morgan fingerprint density at radius 2 is 1.82 bits per heavy atom. The number of ether oxygens (including phenoxy) is 1. The largest absolute Gasteiger partial charge is 0.381 e. The van der Waals surface area contributed by atoms with Gasteiger partial charge < -0.3 is 9.64 Å². The summed E-state index contributed by atoms with van der Waals surface area (Å²) >= 11 is 0. The van der Waals surface area contributed by atoms with Crippen LogP contribution in [0.2, 0.25) is 0 Å². The molecule has 1 amide bonds. The molecule has 2 aliphatic rings. The Morgan fingerprint density at radius 1 is 1.18 bits per heavy atom. The van der Waals surface area contributed by atoms with Crippen LogP contribution < -0.4 is 0 Å². The second kappa shape index (κ2) is 4.97. The molecule has 0 N–H and O–H groups in total. The van der Waals surface area contributed by atoms with E-state index < -0.39 is 0 Å². The molecule has 0 radical (unpaired) electrons. The summed E-state index contributed by atoms with van der Waals surface area (Å²) in [5.41, 5.74) is 0.381.